The summed E-state index contributed by atoms with van der Waals surface area (Å²) in [6.45, 7) is 4.18. The van der Waals surface area contributed by atoms with Crippen LogP contribution in [0.25, 0.3) is 11.0 Å². The van der Waals surface area contributed by atoms with Crippen LogP contribution in [0, 0.1) is 0 Å². The molecule has 0 saturated carbocycles. The zero-order valence-electron chi connectivity index (χ0n) is 15.7. The van der Waals surface area contributed by atoms with Gasteiger partial charge in [-0.2, -0.15) is 0 Å². The van der Waals surface area contributed by atoms with Crippen LogP contribution >= 0.6 is 11.3 Å². The molecule has 0 saturated heterocycles. The maximum Gasteiger partial charge on any atom is 0.268 e. The van der Waals surface area contributed by atoms with Crippen molar-refractivity contribution in [3.63, 3.8) is 0 Å². The Balaban J connectivity index is 1.56. The Hall–Kier alpha value is -2.18. The molecular formula is C21H25N3O2S. The molecule has 0 aliphatic heterocycles. The van der Waals surface area contributed by atoms with Crippen LogP contribution in [0.1, 0.15) is 46.3 Å². The van der Waals surface area contributed by atoms with Gasteiger partial charge in [0.2, 0.25) is 5.95 Å². The number of aromatic nitrogens is 2. The van der Waals surface area contributed by atoms with E-state index in [0.29, 0.717) is 12.6 Å². The van der Waals surface area contributed by atoms with E-state index in [9.17, 15) is 4.79 Å². The Morgan fingerprint density at radius 1 is 1.30 bits per heavy atom. The number of ether oxygens (including phenoxy) is 1. The normalized spacial score (nSPS) is 13.7. The maximum absolute atomic E-state index is 12.9. The fourth-order valence-electron chi connectivity index (χ4n) is 3.63. The van der Waals surface area contributed by atoms with Gasteiger partial charge in [-0.1, -0.05) is 12.1 Å². The number of hydrogen-bond acceptors (Lipinski definition) is 4. The van der Waals surface area contributed by atoms with Crippen LogP contribution in [-0.2, 0) is 24.1 Å². The molecule has 6 heteroatoms. The molecule has 5 nitrogen and oxygen atoms in total. The van der Waals surface area contributed by atoms with Crippen molar-refractivity contribution in [1.29, 1.82) is 0 Å². The highest BCUT2D eigenvalue weighted by atomic mass is 32.1. The molecule has 0 bridgehead atoms. The summed E-state index contributed by atoms with van der Waals surface area (Å²) < 4.78 is 7.54. The number of imidazole rings is 1. The van der Waals surface area contributed by atoms with Crippen LogP contribution in [-0.4, -0.2) is 28.7 Å². The smallest absolute Gasteiger partial charge is 0.268 e. The number of anilines is 1. The van der Waals surface area contributed by atoms with E-state index in [2.05, 4.69) is 20.9 Å². The van der Waals surface area contributed by atoms with Crippen molar-refractivity contribution < 1.29 is 9.53 Å². The molecule has 0 radical (unpaired) electrons. The highest BCUT2D eigenvalue weighted by Crippen LogP contribution is 2.30. The van der Waals surface area contributed by atoms with E-state index in [1.54, 1.807) is 11.3 Å². The van der Waals surface area contributed by atoms with Crippen LogP contribution in [0.5, 0.6) is 0 Å². The second-order valence-electron chi connectivity index (χ2n) is 6.85. The summed E-state index contributed by atoms with van der Waals surface area (Å²) >= 11 is 1.63. The van der Waals surface area contributed by atoms with Crippen LogP contribution in [0.4, 0.5) is 5.95 Å². The second kappa shape index (κ2) is 8.23. The number of benzene rings is 1. The summed E-state index contributed by atoms with van der Waals surface area (Å²) in [7, 11) is 0. The molecule has 0 spiro atoms. The number of carbonyl (C=O) groups excluding carboxylic acids is 1. The van der Waals surface area contributed by atoms with E-state index in [1.807, 2.05) is 31.2 Å². The van der Waals surface area contributed by atoms with Gasteiger partial charge in [0.05, 0.1) is 15.9 Å². The average molecular weight is 384 g/mol. The van der Waals surface area contributed by atoms with E-state index in [4.69, 9.17) is 4.74 Å². The lowest BCUT2D eigenvalue weighted by Gasteiger charge is -2.09. The number of aryl methyl sites for hydroxylation is 3. The molecular weight excluding hydrogens is 358 g/mol. The van der Waals surface area contributed by atoms with Gasteiger partial charge in [-0.15, -0.1) is 11.3 Å². The first-order chi connectivity index (χ1) is 13.3. The summed E-state index contributed by atoms with van der Waals surface area (Å²) in [5, 5.41) is 3.05. The van der Waals surface area contributed by atoms with E-state index in [0.717, 1.165) is 48.3 Å². The van der Waals surface area contributed by atoms with E-state index < -0.39 is 0 Å². The van der Waals surface area contributed by atoms with Gasteiger partial charge in [0.15, 0.2) is 0 Å². The number of amides is 1. The minimum Gasteiger partial charge on any atom is -0.382 e. The van der Waals surface area contributed by atoms with Crippen molar-refractivity contribution in [3.8, 4) is 0 Å². The molecule has 1 aliphatic carbocycles. The lowest BCUT2D eigenvalue weighted by atomic mass is 9.99. The number of carbonyl (C=O) groups is 1. The van der Waals surface area contributed by atoms with Gasteiger partial charge in [-0.05, 0) is 62.8 Å². The predicted octanol–water partition coefficient (Wildman–Crippen LogP) is 4.66. The highest BCUT2D eigenvalue weighted by molar-refractivity contribution is 7.14. The van der Waals surface area contributed by atoms with Crippen LogP contribution in [0.15, 0.2) is 30.3 Å². The van der Waals surface area contributed by atoms with Crippen LogP contribution in [0.2, 0.25) is 0 Å². The van der Waals surface area contributed by atoms with E-state index in [-0.39, 0.29) is 5.91 Å². The molecule has 2 aromatic heterocycles. The third-order valence-corrected chi connectivity index (χ3v) is 6.21. The van der Waals surface area contributed by atoms with Gasteiger partial charge in [0.25, 0.3) is 5.91 Å². The number of hydrogen-bond donors (Lipinski definition) is 1. The largest absolute Gasteiger partial charge is 0.382 e. The molecule has 2 heterocycles. The second-order valence-corrected chi connectivity index (χ2v) is 7.98. The molecule has 27 heavy (non-hydrogen) atoms. The molecule has 142 valence electrons. The van der Waals surface area contributed by atoms with Gasteiger partial charge in [-0.25, -0.2) is 4.98 Å². The predicted molar refractivity (Wildman–Crippen MR) is 110 cm³/mol. The lowest BCUT2D eigenvalue weighted by molar-refractivity contribution is 0.102. The fraction of sp³-hybridized carbons (Fsp3) is 0.429. The van der Waals surface area contributed by atoms with Gasteiger partial charge < -0.3 is 9.30 Å². The van der Waals surface area contributed by atoms with Crippen molar-refractivity contribution in [1.82, 2.24) is 9.55 Å². The Kier molecular flexibility index (Phi) is 5.55. The van der Waals surface area contributed by atoms with E-state index >= 15 is 0 Å². The monoisotopic (exact) mass is 383 g/mol. The quantitative estimate of drug-likeness (QED) is 0.604. The van der Waals surface area contributed by atoms with Crippen molar-refractivity contribution >= 4 is 34.2 Å². The third kappa shape index (κ3) is 3.92. The lowest BCUT2D eigenvalue weighted by Crippen LogP contribution is -2.15. The van der Waals surface area contributed by atoms with Crippen molar-refractivity contribution in [2.45, 2.75) is 45.6 Å². The number of nitrogens with zero attached hydrogens (tertiary/aromatic N) is 2. The number of nitrogens with one attached hydrogen (secondary N) is 1. The molecule has 1 amide bonds. The summed E-state index contributed by atoms with van der Waals surface area (Å²) in [5.74, 6) is 0.555. The number of para-hydroxylation sites is 2. The Bertz CT molecular complexity index is 921. The van der Waals surface area contributed by atoms with Gasteiger partial charge >= 0.3 is 0 Å². The summed E-state index contributed by atoms with van der Waals surface area (Å²) in [4.78, 5) is 19.7. The maximum atomic E-state index is 12.9. The first-order valence-corrected chi connectivity index (χ1v) is 10.5. The SMILES string of the molecule is CCOCCCn1c(NC(=O)c2cc3c(s2)CCCC3)nc2ccccc21. The Morgan fingerprint density at radius 2 is 2.15 bits per heavy atom. The molecule has 4 rings (SSSR count). The number of fused-ring (bicyclic) bond motifs is 2. The van der Waals surface area contributed by atoms with Gasteiger partial charge in [-0.3, -0.25) is 10.1 Å². The molecule has 0 atom stereocenters. The number of thiophene rings is 1. The van der Waals surface area contributed by atoms with Gasteiger partial charge in [0, 0.05) is 24.6 Å². The Labute approximate surface area is 163 Å². The molecule has 0 unspecified atom stereocenters. The summed E-state index contributed by atoms with van der Waals surface area (Å²) in [6.07, 6.45) is 5.52. The molecule has 1 N–H and O–H groups in total. The topological polar surface area (TPSA) is 56.1 Å². The molecule has 3 aromatic rings. The van der Waals surface area contributed by atoms with Gasteiger partial charge in [0.1, 0.15) is 0 Å². The minimum atomic E-state index is -0.0595. The standard InChI is InChI=1S/C21H25N3O2S/c1-2-26-13-7-12-24-17-10-5-4-9-16(17)22-21(24)23-20(25)19-14-15-8-3-6-11-18(15)27-19/h4-5,9-10,14H,2-3,6-8,11-13H2,1H3,(H,22,23,25). The first-order valence-electron chi connectivity index (χ1n) is 9.72. The van der Waals surface area contributed by atoms with Crippen LogP contribution < -0.4 is 5.32 Å². The highest BCUT2D eigenvalue weighted by Gasteiger charge is 2.19. The summed E-state index contributed by atoms with van der Waals surface area (Å²) in [5.41, 5.74) is 3.28. The van der Waals surface area contributed by atoms with Crippen molar-refractivity contribution in [3.05, 3.63) is 45.6 Å². The van der Waals surface area contributed by atoms with Crippen LogP contribution in [0.3, 0.4) is 0 Å². The zero-order chi connectivity index (χ0) is 18.6. The molecule has 1 aromatic carbocycles. The van der Waals surface area contributed by atoms with Crippen molar-refractivity contribution in [2.24, 2.45) is 0 Å². The van der Waals surface area contributed by atoms with Crippen molar-refractivity contribution in [2.75, 3.05) is 18.5 Å². The fourth-order valence-corrected chi connectivity index (χ4v) is 4.78. The zero-order valence-corrected chi connectivity index (χ0v) is 16.5. The third-order valence-electron chi connectivity index (χ3n) is 4.97. The molecule has 1 aliphatic rings. The number of rotatable bonds is 7. The van der Waals surface area contributed by atoms with E-state index in [1.165, 1.54) is 23.3 Å². The Morgan fingerprint density at radius 3 is 3.00 bits per heavy atom. The minimum absolute atomic E-state index is 0.0595. The first kappa shape index (κ1) is 18.2. The molecule has 0 fully saturated rings. The summed E-state index contributed by atoms with van der Waals surface area (Å²) in [6, 6.07) is 10.1. The average Bonchev–Trinajstić information content (AvgIpc) is 3.27.